The second-order valence-electron chi connectivity index (χ2n) is 6.07. The molecular weight excluding hydrogens is 226 g/mol. The van der Waals surface area contributed by atoms with E-state index in [0.717, 1.165) is 18.4 Å². The van der Waals surface area contributed by atoms with E-state index < -0.39 is 13.7 Å². The topological polar surface area (TPSA) is 44.0 Å². The predicted octanol–water partition coefficient (Wildman–Crippen LogP) is 3.25. The van der Waals surface area contributed by atoms with E-state index in [1.807, 2.05) is 12.1 Å². The highest BCUT2D eigenvalue weighted by molar-refractivity contribution is 6.78. The van der Waals surface area contributed by atoms with Crippen LogP contribution in [0, 0.1) is 11.3 Å². The Bertz CT molecular complexity index is 455. The first kappa shape index (κ1) is 12.3. The molecule has 0 saturated heterocycles. The summed E-state index contributed by atoms with van der Waals surface area (Å²) < 4.78 is 0. The minimum absolute atomic E-state index is 0.433. The molecule has 1 N–H and O–H groups in total. The molecule has 2 unspecified atom stereocenters. The SMILES string of the molecule is C[Si](C)(C)C1CCC1(O)c1ccc(C#N)cc1. The molecule has 1 fully saturated rings. The molecule has 1 aliphatic rings. The summed E-state index contributed by atoms with van der Waals surface area (Å²) in [5, 5.41) is 19.6. The van der Waals surface area contributed by atoms with Crippen LogP contribution in [-0.4, -0.2) is 13.2 Å². The highest BCUT2D eigenvalue weighted by atomic mass is 28.3. The van der Waals surface area contributed by atoms with E-state index in [9.17, 15) is 5.11 Å². The molecule has 0 aromatic heterocycles. The number of aliphatic hydroxyl groups is 1. The Morgan fingerprint density at radius 3 is 2.24 bits per heavy atom. The van der Waals surface area contributed by atoms with Gasteiger partial charge in [0.2, 0.25) is 0 Å². The lowest BCUT2D eigenvalue weighted by molar-refractivity contribution is -0.0410. The molecule has 0 amide bonds. The van der Waals surface area contributed by atoms with E-state index in [1.165, 1.54) is 0 Å². The smallest absolute Gasteiger partial charge is 0.0991 e. The molecule has 90 valence electrons. The van der Waals surface area contributed by atoms with Crippen LogP contribution in [0.2, 0.25) is 25.2 Å². The second kappa shape index (κ2) is 3.97. The van der Waals surface area contributed by atoms with Crippen molar-refractivity contribution in [1.29, 1.82) is 5.26 Å². The number of benzene rings is 1. The van der Waals surface area contributed by atoms with Gasteiger partial charge < -0.3 is 5.11 Å². The van der Waals surface area contributed by atoms with Crippen molar-refractivity contribution in [2.45, 2.75) is 43.6 Å². The minimum atomic E-state index is -1.33. The van der Waals surface area contributed by atoms with E-state index in [-0.39, 0.29) is 0 Å². The fourth-order valence-electron chi connectivity index (χ4n) is 2.89. The van der Waals surface area contributed by atoms with E-state index in [2.05, 4.69) is 25.7 Å². The van der Waals surface area contributed by atoms with Crippen molar-refractivity contribution in [2.75, 3.05) is 0 Å². The van der Waals surface area contributed by atoms with Crippen molar-refractivity contribution >= 4 is 8.07 Å². The van der Waals surface area contributed by atoms with Crippen LogP contribution in [0.1, 0.15) is 24.0 Å². The number of hydrogen-bond donors (Lipinski definition) is 1. The summed E-state index contributed by atoms with van der Waals surface area (Å²) in [6.07, 6.45) is 1.99. The molecule has 2 nitrogen and oxygen atoms in total. The van der Waals surface area contributed by atoms with Crippen molar-refractivity contribution in [3.63, 3.8) is 0 Å². The van der Waals surface area contributed by atoms with E-state index in [0.29, 0.717) is 11.1 Å². The zero-order chi connectivity index (χ0) is 12.7. The molecule has 17 heavy (non-hydrogen) atoms. The Labute approximate surface area is 104 Å². The summed E-state index contributed by atoms with van der Waals surface area (Å²) in [6, 6.07) is 9.52. The fourth-order valence-corrected chi connectivity index (χ4v) is 5.64. The average molecular weight is 245 g/mol. The van der Waals surface area contributed by atoms with Crippen LogP contribution in [0.5, 0.6) is 0 Å². The molecule has 0 spiro atoms. The van der Waals surface area contributed by atoms with Crippen LogP contribution in [0.25, 0.3) is 0 Å². The zero-order valence-electron chi connectivity index (χ0n) is 10.7. The van der Waals surface area contributed by atoms with Gasteiger partial charge in [-0.15, -0.1) is 0 Å². The van der Waals surface area contributed by atoms with Crippen LogP contribution >= 0.6 is 0 Å². The summed E-state index contributed by atoms with van der Waals surface area (Å²) in [5.74, 6) is 0. The standard InChI is InChI=1S/C14H19NOSi/c1-17(2,3)13-8-9-14(13,16)12-6-4-11(10-15)5-7-12/h4-7,13,16H,8-9H2,1-3H3. The monoisotopic (exact) mass is 245 g/mol. The molecule has 3 heteroatoms. The summed E-state index contributed by atoms with van der Waals surface area (Å²) in [6.45, 7) is 6.93. The number of nitrogens with zero attached hydrogens (tertiary/aromatic N) is 1. The molecule has 1 aliphatic carbocycles. The Morgan fingerprint density at radius 2 is 1.88 bits per heavy atom. The van der Waals surface area contributed by atoms with E-state index >= 15 is 0 Å². The highest BCUT2D eigenvalue weighted by Gasteiger charge is 2.52. The van der Waals surface area contributed by atoms with Crippen LogP contribution in [-0.2, 0) is 5.60 Å². The van der Waals surface area contributed by atoms with Gasteiger partial charge in [0.05, 0.1) is 25.3 Å². The lowest BCUT2D eigenvalue weighted by Gasteiger charge is -2.51. The van der Waals surface area contributed by atoms with Gasteiger partial charge in [-0.05, 0) is 36.1 Å². The lowest BCUT2D eigenvalue weighted by atomic mass is 9.74. The Balaban J connectivity index is 2.30. The number of nitriles is 1. The van der Waals surface area contributed by atoms with E-state index in [1.54, 1.807) is 12.1 Å². The normalized spacial score (nSPS) is 28.3. The molecule has 1 saturated carbocycles. The van der Waals surface area contributed by atoms with Gasteiger partial charge in [-0.2, -0.15) is 5.26 Å². The first-order valence-electron chi connectivity index (χ1n) is 6.11. The Kier molecular flexibility index (Phi) is 2.88. The van der Waals surface area contributed by atoms with Crippen molar-refractivity contribution < 1.29 is 5.11 Å². The third-order valence-electron chi connectivity index (χ3n) is 3.95. The zero-order valence-corrected chi connectivity index (χ0v) is 11.7. The van der Waals surface area contributed by atoms with Crippen molar-refractivity contribution in [3.05, 3.63) is 35.4 Å². The summed E-state index contributed by atoms with van der Waals surface area (Å²) in [4.78, 5) is 0. The van der Waals surface area contributed by atoms with Gasteiger partial charge in [0.25, 0.3) is 0 Å². The third kappa shape index (κ3) is 2.03. The van der Waals surface area contributed by atoms with Crippen molar-refractivity contribution in [1.82, 2.24) is 0 Å². The van der Waals surface area contributed by atoms with Gasteiger partial charge in [0.15, 0.2) is 0 Å². The average Bonchev–Trinajstić information content (AvgIpc) is 2.24. The molecule has 2 rings (SSSR count). The maximum absolute atomic E-state index is 10.8. The largest absolute Gasteiger partial charge is 0.385 e. The summed E-state index contributed by atoms with van der Waals surface area (Å²) in [7, 11) is -1.33. The quantitative estimate of drug-likeness (QED) is 0.813. The van der Waals surface area contributed by atoms with Gasteiger partial charge >= 0.3 is 0 Å². The van der Waals surface area contributed by atoms with Gasteiger partial charge in [0, 0.05) is 0 Å². The second-order valence-corrected chi connectivity index (χ2v) is 11.5. The van der Waals surface area contributed by atoms with Gasteiger partial charge in [-0.25, -0.2) is 0 Å². The molecular formula is C14H19NOSi. The Hall–Kier alpha value is -1.11. The van der Waals surface area contributed by atoms with Crippen molar-refractivity contribution in [3.8, 4) is 6.07 Å². The molecule has 0 heterocycles. The molecule has 0 radical (unpaired) electrons. The van der Waals surface area contributed by atoms with E-state index in [4.69, 9.17) is 5.26 Å². The number of rotatable bonds is 2. The number of hydrogen-bond acceptors (Lipinski definition) is 2. The highest BCUT2D eigenvalue weighted by Crippen LogP contribution is 2.55. The lowest BCUT2D eigenvalue weighted by Crippen LogP contribution is -2.51. The first-order chi connectivity index (χ1) is 7.88. The Morgan fingerprint density at radius 1 is 1.29 bits per heavy atom. The molecule has 2 atom stereocenters. The first-order valence-corrected chi connectivity index (χ1v) is 9.69. The maximum atomic E-state index is 10.8. The maximum Gasteiger partial charge on any atom is 0.0991 e. The molecule has 0 aliphatic heterocycles. The summed E-state index contributed by atoms with van der Waals surface area (Å²) >= 11 is 0. The van der Waals surface area contributed by atoms with Crippen LogP contribution in [0.3, 0.4) is 0 Å². The fraction of sp³-hybridized carbons (Fsp3) is 0.500. The van der Waals surface area contributed by atoms with Crippen LogP contribution in [0.15, 0.2) is 24.3 Å². The van der Waals surface area contributed by atoms with Crippen LogP contribution in [0.4, 0.5) is 0 Å². The van der Waals surface area contributed by atoms with Gasteiger partial charge in [-0.3, -0.25) is 0 Å². The predicted molar refractivity (Wildman–Crippen MR) is 71.4 cm³/mol. The molecule has 1 aromatic rings. The minimum Gasteiger partial charge on any atom is -0.385 e. The van der Waals surface area contributed by atoms with Crippen molar-refractivity contribution in [2.24, 2.45) is 0 Å². The summed E-state index contributed by atoms with van der Waals surface area (Å²) in [5.41, 5.74) is 1.43. The third-order valence-corrected chi connectivity index (χ3v) is 6.81. The molecule has 1 aromatic carbocycles. The van der Waals surface area contributed by atoms with Gasteiger partial charge in [-0.1, -0.05) is 31.8 Å². The van der Waals surface area contributed by atoms with Gasteiger partial charge in [0.1, 0.15) is 0 Å². The molecule has 0 bridgehead atoms. The van der Waals surface area contributed by atoms with Crippen LogP contribution < -0.4 is 0 Å².